The number of sulfonamides is 1. The Labute approximate surface area is 119 Å². The third-order valence-corrected chi connectivity index (χ3v) is 6.53. The molecule has 108 valence electrons. The molecule has 4 nitrogen and oxygen atoms in total. The fraction of sp³-hybridized carbons (Fsp3) is 0.692. The SMILES string of the molecule is CN(CCc1cccs1)S(=O)(=O)CC1CCCNC1. The van der Waals surface area contributed by atoms with E-state index >= 15 is 0 Å². The molecule has 1 N–H and O–H groups in total. The lowest BCUT2D eigenvalue weighted by atomic mass is 10.0. The lowest BCUT2D eigenvalue weighted by Gasteiger charge is -2.25. The van der Waals surface area contributed by atoms with Crippen LogP contribution in [0.15, 0.2) is 17.5 Å². The van der Waals surface area contributed by atoms with E-state index in [2.05, 4.69) is 11.4 Å². The molecule has 0 amide bonds. The van der Waals surface area contributed by atoms with Gasteiger partial charge in [0.2, 0.25) is 10.0 Å². The van der Waals surface area contributed by atoms with E-state index in [0.29, 0.717) is 6.54 Å². The summed E-state index contributed by atoms with van der Waals surface area (Å²) in [5.74, 6) is 0.545. The van der Waals surface area contributed by atoms with Crippen molar-refractivity contribution in [3.05, 3.63) is 22.4 Å². The molecule has 1 aromatic rings. The first-order valence-corrected chi connectivity index (χ1v) is 9.24. The average Bonchev–Trinajstić information content (AvgIpc) is 2.89. The normalized spacial score (nSPS) is 20.8. The molecule has 0 spiro atoms. The molecular weight excluding hydrogens is 280 g/mol. The maximum atomic E-state index is 12.3. The Bertz CT molecular complexity index is 465. The quantitative estimate of drug-likeness (QED) is 0.867. The molecule has 1 aliphatic rings. The van der Waals surface area contributed by atoms with Gasteiger partial charge in [-0.1, -0.05) is 6.07 Å². The Kier molecular flexibility index (Phi) is 5.38. The smallest absolute Gasteiger partial charge is 0.214 e. The van der Waals surface area contributed by atoms with Gasteiger partial charge < -0.3 is 5.32 Å². The van der Waals surface area contributed by atoms with Crippen molar-refractivity contribution in [2.45, 2.75) is 19.3 Å². The van der Waals surface area contributed by atoms with Gasteiger partial charge in [0.25, 0.3) is 0 Å². The number of thiophene rings is 1. The summed E-state index contributed by atoms with van der Waals surface area (Å²) in [6.45, 7) is 2.42. The van der Waals surface area contributed by atoms with E-state index in [-0.39, 0.29) is 11.7 Å². The number of likely N-dealkylation sites (N-methyl/N-ethyl adjacent to an activating group) is 1. The van der Waals surface area contributed by atoms with Crippen LogP contribution in [0.2, 0.25) is 0 Å². The summed E-state index contributed by atoms with van der Waals surface area (Å²) in [4.78, 5) is 1.24. The highest BCUT2D eigenvalue weighted by atomic mass is 32.2. The van der Waals surface area contributed by atoms with E-state index in [1.165, 1.54) is 9.18 Å². The van der Waals surface area contributed by atoms with Gasteiger partial charge in [-0.05, 0) is 49.7 Å². The van der Waals surface area contributed by atoms with E-state index in [1.807, 2.05) is 11.4 Å². The van der Waals surface area contributed by atoms with Crippen molar-refractivity contribution in [1.29, 1.82) is 0 Å². The molecule has 1 aliphatic heterocycles. The Balaban J connectivity index is 1.83. The van der Waals surface area contributed by atoms with Crippen LogP contribution in [0.4, 0.5) is 0 Å². The Morgan fingerprint density at radius 1 is 1.53 bits per heavy atom. The zero-order valence-electron chi connectivity index (χ0n) is 11.3. The number of nitrogens with zero attached hydrogens (tertiary/aromatic N) is 1. The van der Waals surface area contributed by atoms with Crippen molar-refractivity contribution < 1.29 is 8.42 Å². The van der Waals surface area contributed by atoms with Crippen LogP contribution in [0, 0.1) is 5.92 Å². The second kappa shape index (κ2) is 6.83. The maximum Gasteiger partial charge on any atom is 0.214 e. The molecule has 1 unspecified atom stereocenters. The van der Waals surface area contributed by atoms with Gasteiger partial charge in [-0.3, -0.25) is 0 Å². The molecule has 1 atom stereocenters. The van der Waals surface area contributed by atoms with Gasteiger partial charge in [0, 0.05) is 18.5 Å². The summed E-state index contributed by atoms with van der Waals surface area (Å²) in [6, 6.07) is 4.05. The van der Waals surface area contributed by atoms with Crippen LogP contribution in [0.3, 0.4) is 0 Å². The van der Waals surface area contributed by atoms with Crippen molar-refractivity contribution in [2.75, 3.05) is 32.4 Å². The van der Waals surface area contributed by atoms with Crippen LogP contribution in [0.5, 0.6) is 0 Å². The third-order valence-electron chi connectivity index (χ3n) is 3.57. The van der Waals surface area contributed by atoms with Crippen molar-refractivity contribution >= 4 is 21.4 Å². The van der Waals surface area contributed by atoms with Crippen LogP contribution >= 0.6 is 11.3 Å². The summed E-state index contributed by atoms with van der Waals surface area (Å²) in [5.41, 5.74) is 0. The van der Waals surface area contributed by atoms with Crippen molar-refractivity contribution in [2.24, 2.45) is 5.92 Å². The fourth-order valence-corrected chi connectivity index (χ4v) is 4.56. The molecule has 0 bridgehead atoms. The molecule has 0 aliphatic carbocycles. The summed E-state index contributed by atoms with van der Waals surface area (Å²) >= 11 is 1.68. The molecule has 1 saturated heterocycles. The van der Waals surface area contributed by atoms with E-state index in [9.17, 15) is 8.42 Å². The molecule has 6 heteroatoms. The minimum absolute atomic E-state index is 0.267. The Morgan fingerprint density at radius 2 is 2.37 bits per heavy atom. The van der Waals surface area contributed by atoms with Crippen LogP contribution in [-0.4, -0.2) is 45.2 Å². The van der Waals surface area contributed by atoms with Crippen LogP contribution in [0.25, 0.3) is 0 Å². The molecule has 19 heavy (non-hydrogen) atoms. The number of hydrogen-bond donors (Lipinski definition) is 1. The van der Waals surface area contributed by atoms with Crippen LogP contribution in [0.1, 0.15) is 17.7 Å². The average molecular weight is 302 g/mol. The van der Waals surface area contributed by atoms with E-state index in [1.54, 1.807) is 18.4 Å². The molecule has 2 heterocycles. The second-order valence-corrected chi connectivity index (χ2v) is 8.29. The van der Waals surface area contributed by atoms with Crippen LogP contribution in [-0.2, 0) is 16.4 Å². The minimum atomic E-state index is -3.12. The monoisotopic (exact) mass is 302 g/mol. The Morgan fingerprint density at radius 3 is 3.00 bits per heavy atom. The molecule has 2 rings (SSSR count). The van der Waals surface area contributed by atoms with Gasteiger partial charge in [-0.25, -0.2) is 12.7 Å². The summed E-state index contributed by atoms with van der Waals surface area (Å²) in [5, 5.41) is 5.29. The van der Waals surface area contributed by atoms with Crippen LogP contribution < -0.4 is 5.32 Å². The number of nitrogens with one attached hydrogen (secondary N) is 1. The maximum absolute atomic E-state index is 12.3. The number of piperidine rings is 1. The highest BCUT2D eigenvalue weighted by Crippen LogP contribution is 2.15. The standard InChI is InChI=1S/C13H22N2O2S2/c1-15(8-6-13-5-3-9-18-13)19(16,17)11-12-4-2-7-14-10-12/h3,5,9,12,14H,2,4,6-8,10-11H2,1H3. The van der Waals surface area contributed by atoms with Crippen molar-refractivity contribution in [1.82, 2.24) is 9.62 Å². The highest BCUT2D eigenvalue weighted by molar-refractivity contribution is 7.89. The number of hydrogen-bond acceptors (Lipinski definition) is 4. The number of rotatable bonds is 6. The van der Waals surface area contributed by atoms with Gasteiger partial charge in [0.1, 0.15) is 0 Å². The van der Waals surface area contributed by atoms with E-state index in [0.717, 1.165) is 32.4 Å². The van der Waals surface area contributed by atoms with Gasteiger partial charge in [0.05, 0.1) is 5.75 Å². The van der Waals surface area contributed by atoms with Gasteiger partial charge in [-0.2, -0.15) is 0 Å². The van der Waals surface area contributed by atoms with E-state index in [4.69, 9.17) is 0 Å². The fourth-order valence-electron chi connectivity index (χ4n) is 2.35. The highest BCUT2D eigenvalue weighted by Gasteiger charge is 2.24. The first-order chi connectivity index (χ1) is 9.08. The zero-order valence-corrected chi connectivity index (χ0v) is 13.0. The Hall–Kier alpha value is -0.430. The topological polar surface area (TPSA) is 49.4 Å². The third kappa shape index (κ3) is 4.56. The predicted molar refractivity (Wildman–Crippen MR) is 80.0 cm³/mol. The summed E-state index contributed by atoms with van der Waals surface area (Å²) in [6.07, 6.45) is 2.90. The first-order valence-electron chi connectivity index (χ1n) is 6.75. The zero-order chi connectivity index (χ0) is 13.7. The molecular formula is C13H22N2O2S2. The van der Waals surface area contributed by atoms with Gasteiger partial charge in [0.15, 0.2) is 0 Å². The van der Waals surface area contributed by atoms with E-state index < -0.39 is 10.0 Å². The first kappa shape index (κ1) is 15.0. The second-order valence-electron chi connectivity index (χ2n) is 5.14. The van der Waals surface area contributed by atoms with Crippen molar-refractivity contribution in [3.63, 3.8) is 0 Å². The lowest BCUT2D eigenvalue weighted by Crippen LogP contribution is -2.39. The summed E-state index contributed by atoms with van der Waals surface area (Å²) in [7, 11) is -1.42. The molecule has 0 radical (unpaired) electrons. The predicted octanol–water partition coefficient (Wildman–Crippen LogP) is 1.55. The molecule has 0 saturated carbocycles. The molecule has 1 fully saturated rings. The lowest BCUT2D eigenvalue weighted by molar-refractivity contribution is 0.392. The van der Waals surface area contributed by atoms with Gasteiger partial charge in [-0.15, -0.1) is 11.3 Å². The van der Waals surface area contributed by atoms with Gasteiger partial charge >= 0.3 is 0 Å². The van der Waals surface area contributed by atoms with Crippen molar-refractivity contribution in [3.8, 4) is 0 Å². The largest absolute Gasteiger partial charge is 0.316 e. The summed E-state index contributed by atoms with van der Waals surface area (Å²) < 4.78 is 26.0. The molecule has 0 aromatic carbocycles. The minimum Gasteiger partial charge on any atom is -0.316 e. The molecule has 1 aromatic heterocycles.